The molecule has 2 aromatic rings. The fourth-order valence-electron chi connectivity index (χ4n) is 8.25. The number of urea groups is 1. The van der Waals surface area contributed by atoms with Gasteiger partial charge in [0.05, 0.1) is 0 Å². The number of rotatable bonds is 8. The first-order valence-electron chi connectivity index (χ1n) is 14.5. The molecule has 4 nitrogen and oxygen atoms in total. The van der Waals surface area contributed by atoms with Crippen LogP contribution in [0.25, 0.3) is 0 Å². The first kappa shape index (κ1) is 23.9. The average Bonchev–Trinajstić information content (AvgIpc) is 2.88. The lowest BCUT2D eigenvalue weighted by Crippen LogP contribution is -2.61. The summed E-state index contributed by atoms with van der Waals surface area (Å²) < 4.78 is 6.49. The molecule has 0 radical (unpaired) electrons. The van der Waals surface area contributed by atoms with Crippen LogP contribution in [0.4, 0.5) is 4.79 Å². The van der Waals surface area contributed by atoms with E-state index >= 15 is 0 Å². The molecule has 1 atom stereocenters. The first-order chi connectivity index (χ1) is 17.6. The second kappa shape index (κ2) is 10.5. The first-order valence-corrected chi connectivity index (χ1v) is 14.5. The van der Waals surface area contributed by atoms with Crippen molar-refractivity contribution in [3.63, 3.8) is 0 Å². The Labute approximate surface area is 216 Å². The third kappa shape index (κ3) is 5.43. The number of ether oxygens (including phenoxy) is 1. The van der Waals surface area contributed by atoms with Gasteiger partial charge in [-0.25, -0.2) is 4.79 Å². The maximum atomic E-state index is 12.9. The van der Waals surface area contributed by atoms with Gasteiger partial charge in [-0.15, -0.1) is 0 Å². The van der Waals surface area contributed by atoms with E-state index in [2.05, 4.69) is 59.2 Å². The van der Waals surface area contributed by atoms with Gasteiger partial charge in [0.2, 0.25) is 0 Å². The molecular weight excluding hydrogens is 444 g/mol. The summed E-state index contributed by atoms with van der Waals surface area (Å²) in [6.07, 6.45) is 15.1. The number of benzene rings is 2. The van der Waals surface area contributed by atoms with Gasteiger partial charge in [0.15, 0.2) is 0 Å². The van der Waals surface area contributed by atoms with Gasteiger partial charge in [0.25, 0.3) is 0 Å². The highest BCUT2D eigenvalue weighted by Crippen LogP contribution is 2.55. The van der Waals surface area contributed by atoms with Gasteiger partial charge in [-0.2, -0.15) is 0 Å². The van der Waals surface area contributed by atoms with Gasteiger partial charge in [-0.05, 0) is 98.3 Å². The number of nitrogens with one attached hydrogen (secondary N) is 2. The fourth-order valence-corrected chi connectivity index (χ4v) is 8.25. The normalized spacial score (nSPS) is 30.1. The van der Waals surface area contributed by atoms with Crippen LogP contribution in [0.15, 0.2) is 54.6 Å². The molecule has 7 rings (SSSR count). The van der Waals surface area contributed by atoms with E-state index < -0.39 is 0 Å². The molecule has 0 aromatic heterocycles. The van der Waals surface area contributed by atoms with Gasteiger partial charge in [0, 0.05) is 18.5 Å². The zero-order chi connectivity index (χ0) is 24.4. The van der Waals surface area contributed by atoms with Gasteiger partial charge < -0.3 is 15.4 Å². The fraction of sp³-hybridized carbons (Fsp3) is 0.594. The molecule has 4 bridgehead atoms. The monoisotopic (exact) mass is 486 g/mol. The predicted molar refractivity (Wildman–Crippen MR) is 144 cm³/mol. The Kier molecular flexibility index (Phi) is 6.95. The minimum Gasteiger partial charge on any atom is -0.486 e. The SMILES string of the molecule is O=C(NCCC(Oc1ccc(C2CCCCC2)cc1)c1ccccc1)NC12CC3CC(CC(C3)C1)C2. The molecule has 1 unspecified atom stereocenters. The highest BCUT2D eigenvalue weighted by atomic mass is 16.5. The number of carbonyl (C=O) groups excluding carboxylic acids is 1. The van der Waals surface area contributed by atoms with E-state index in [1.165, 1.54) is 76.2 Å². The van der Waals surface area contributed by atoms with E-state index in [9.17, 15) is 4.79 Å². The van der Waals surface area contributed by atoms with Crippen molar-refractivity contribution in [3.8, 4) is 5.75 Å². The summed E-state index contributed by atoms with van der Waals surface area (Å²) in [6, 6.07) is 19.2. The van der Waals surface area contributed by atoms with Crippen LogP contribution in [-0.4, -0.2) is 18.1 Å². The molecule has 0 saturated heterocycles. The zero-order valence-corrected chi connectivity index (χ0v) is 21.6. The molecule has 0 heterocycles. The van der Waals surface area contributed by atoms with Crippen molar-refractivity contribution in [1.29, 1.82) is 0 Å². The molecule has 4 heteroatoms. The Bertz CT molecular complexity index is 977. The topological polar surface area (TPSA) is 50.4 Å². The van der Waals surface area contributed by atoms with Crippen molar-refractivity contribution in [2.45, 2.75) is 94.6 Å². The van der Waals surface area contributed by atoms with Gasteiger partial charge >= 0.3 is 6.03 Å². The van der Waals surface area contributed by atoms with Crippen LogP contribution < -0.4 is 15.4 Å². The zero-order valence-electron chi connectivity index (χ0n) is 21.6. The maximum Gasteiger partial charge on any atom is 0.315 e. The molecular formula is C32H42N2O2. The van der Waals surface area contributed by atoms with Crippen LogP contribution in [0.2, 0.25) is 0 Å². The van der Waals surface area contributed by atoms with E-state index in [4.69, 9.17) is 4.74 Å². The van der Waals surface area contributed by atoms with Gasteiger partial charge in [-0.3, -0.25) is 0 Å². The summed E-state index contributed by atoms with van der Waals surface area (Å²) >= 11 is 0. The van der Waals surface area contributed by atoms with Crippen LogP contribution in [0, 0.1) is 17.8 Å². The van der Waals surface area contributed by atoms with E-state index in [1.807, 2.05) is 6.07 Å². The molecule has 5 saturated carbocycles. The van der Waals surface area contributed by atoms with E-state index in [-0.39, 0.29) is 17.7 Å². The van der Waals surface area contributed by atoms with Crippen LogP contribution >= 0.6 is 0 Å². The van der Waals surface area contributed by atoms with E-state index in [0.717, 1.165) is 35.5 Å². The maximum absolute atomic E-state index is 12.9. The van der Waals surface area contributed by atoms with Crippen molar-refractivity contribution in [2.75, 3.05) is 6.54 Å². The molecule has 5 aliphatic carbocycles. The Morgan fingerprint density at radius 3 is 2.14 bits per heavy atom. The van der Waals surface area contributed by atoms with Crippen LogP contribution in [0.3, 0.4) is 0 Å². The quantitative estimate of drug-likeness (QED) is 0.405. The summed E-state index contributed by atoms with van der Waals surface area (Å²) in [4.78, 5) is 12.9. The number of hydrogen-bond acceptors (Lipinski definition) is 2. The van der Waals surface area contributed by atoms with Crippen molar-refractivity contribution < 1.29 is 9.53 Å². The van der Waals surface area contributed by atoms with Crippen molar-refractivity contribution in [1.82, 2.24) is 10.6 Å². The van der Waals surface area contributed by atoms with Crippen molar-refractivity contribution in [3.05, 3.63) is 65.7 Å². The average molecular weight is 487 g/mol. The largest absolute Gasteiger partial charge is 0.486 e. The molecule has 2 aromatic carbocycles. The number of amides is 2. The van der Waals surface area contributed by atoms with Crippen molar-refractivity contribution in [2.24, 2.45) is 17.8 Å². The summed E-state index contributed by atoms with van der Waals surface area (Å²) in [5.74, 6) is 4.10. The molecule has 2 N–H and O–H groups in total. The summed E-state index contributed by atoms with van der Waals surface area (Å²) in [5.41, 5.74) is 2.65. The number of carbonyl (C=O) groups is 1. The lowest BCUT2D eigenvalue weighted by Gasteiger charge is -2.56. The number of hydrogen-bond donors (Lipinski definition) is 2. The second-order valence-corrected chi connectivity index (χ2v) is 12.3. The lowest BCUT2D eigenvalue weighted by molar-refractivity contribution is -0.0135. The van der Waals surface area contributed by atoms with Crippen LogP contribution in [-0.2, 0) is 0 Å². The Morgan fingerprint density at radius 2 is 1.50 bits per heavy atom. The molecule has 192 valence electrons. The highest BCUT2D eigenvalue weighted by molar-refractivity contribution is 5.74. The minimum atomic E-state index is -0.0911. The van der Waals surface area contributed by atoms with Gasteiger partial charge in [-0.1, -0.05) is 61.7 Å². The predicted octanol–water partition coefficient (Wildman–Crippen LogP) is 7.51. The molecule has 2 amide bonds. The van der Waals surface area contributed by atoms with E-state index in [0.29, 0.717) is 12.5 Å². The van der Waals surface area contributed by atoms with E-state index in [1.54, 1.807) is 0 Å². The molecule has 36 heavy (non-hydrogen) atoms. The Hall–Kier alpha value is -2.49. The summed E-state index contributed by atoms with van der Waals surface area (Å²) in [7, 11) is 0. The molecule has 0 spiro atoms. The third-order valence-corrected chi connectivity index (χ3v) is 9.52. The van der Waals surface area contributed by atoms with Crippen LogP contribution in [0.1, 0.15) is 100 Å². The summed E-state index contributed by atoms with van der Waals surface area (Å²) in [6.45, 7) is 0.595. The smallest absolute Gasteiger partial charge is 0.315 e. The standard InChI is InChI=1S/C32H42N2O2/c35-31(34-32-20-23-17-24(21-32)19-25(18-23)22-32)33-16-15-30(28-9-5-2-6-10-28)36-29-13-11-27(12-14-29)26-7-3-1-4-8-26/h2,5-6,9-14,23-26,30H,1,3-4,7-8,15-22H2,(H2,33,34,35). The summed E-state index contributed by atoms with van der Waals surface area (Å²) in [5, 5.41) is 6.60. The molecule has 5 aliphatic rings. The van der Waals surface area contributed by atoms with Gasteiger partial charge in [0.1, 0.15) is 11.9 Å². The third-order valence-electron chi connectivity index (χ3n) is 9.52. The minimum absolute atomic E-state index is 0.000552. The highest BCUT2D eigenvalue weighted by Gasteiger charge is 2.51. The lowest BCUT2D eigenvalue weighted by atomic mass is 9.53. The van der Waals surface area contributed by atoms with Crippen LogP contribution in [0.5, 0.6) is 5.75 Å². The Morgan fingerprint density at radius 1 is 0.861 bits per heavy atom. The Balaban J connectivity index is 1.05. The second-order valence-electron chi connectivity index (χ2n) is 12.3. The molecule has 5 fully saturated rings. The van der Waals surface area contributed by atoms with Crippen molar-refractivity contribution >= 4 is 6.03 Å². The molecule has 0 aliphatic heterocycles.